The van der Waals surface area contributed by atoms with E-state index in [4.69, 9.17) is 10.5 Å². The number of piperidine rings is 1. The fourth-order valence-electron chi connectivity index (χ4n) is 4.31. The molecule has 2 unspecified atom stereocenters. The maximum atomic E-state index is 6.40. The third kappa shape index (κ3) is 3.04. The lowest BCUT2D eigenvalue weighted by Crippen LogP contribution is -2.31. The summed E-state index contributed by atoms with van der Waals surface area (Å²) in [6.45, 7) is 2.08. The van der Waals surface area contributed by atoms with Gasteiger partial charge in [-0.3, -0.25) is 4.40 Å². The molecule has 0 saturated carbocycles. The van der Waals surface area contributed by atoms with Crippen LogP contribution in [0.4, 0.5) is 5.95 Å². The molecular weight excluding hydrogens is 338 g/mol. The summed E-state index contributed by atoms with van der Waals surface area (Å²) in [5.74, 6) is 1.76. The first-order valence-corrected chi connectivity index (χ1v) is 9.90. The lowest BCUT2D eigenvalue weighted by Gasteiger charge is -2.30. The van der Waals surface area contributed by atoms with Crippen molar-refractivity contribution in [3.8, 4) is 5.75 Å². The molecule has 1 aliphatic carbocycles. The van der Waals surface area contributed by atoms with E-state index in [1.54, 1.807) is 0 Å². The fraction of sp³-hybridized carbons (Fsp3) is 0.429. The molecule has 6 nitrogen and oxygen atoms in total. The Morgan fingerprint density at radius 3 is 2.59 bits per heavy atom. The second kappa shape index (κ2) is 6.85. The number of hydrogen-bond acceptors (Lipinski definition) is 5. The molecule has 2 aromatic heterocycles. The van der Waals surface area contributed by atoms with E-state index in [1.165, 1.54) is 30.4 Å². The molecule has 0 amide bonds. The minimum atomic E-state index is 0.0355. The number of nitrogens with two attached hydrogens (primary N) is 1. The standard InChI is InChI=1S/C21H25N5O/c22-18-9-10-19(17-7-3-2-6-16(17)18)27-15-8-11-20-23-24-21(26(20)14-15)25-12-4-1-5-13-25/h2-3,6-8,11,14,18-19H,1,4-5,9-10,12-13,22H2. The normalized spacial score (nSPS) is 22.6. The van der Waals surface area contributed by atoms with Gasteiger partial charge in [-0.15, -0.1) is 10.2 Å². The van der Waals surface area contributed by atoms with Crippen molar-refractivity contribution in [2.75, 3.05) is 18.0 Å². The Kier molecular flexibility index (Phi) is 4.20. The molecule has 140 valence electrons. The van der Waals surface area contributed by atoms with Gasteiger partial charge in [-0.1, -0.05) is 24.3 Å². The maximum absolute atomic E-state index is 6.40. The van der Waals surface area contributed by atoms with Gasteiger partial charge in [0.25, 0.3) is 0 Å². The number of benzene rings is 1. The summed E-state index contributed by atoms with van der Waals surface area (Å²) >= 11 is 0. The van der Waals surface area contributed by atoms with Gasteiger partial charge in [0.1, 0.15) is 11.9 Å². The van der Waals surface area contributed by atoms with Crippen molar-refractivity contribution in [3.63, 3.8) is 0 Å². The average Bonchev–Trinajstić information content (AvgIpc) is 3.14. The number of ether oxygens (including phenoxy) is 1. The largest absolute Gasteiger partial charge is 0.484 e. The lowest BCUT2D eigenvalue weighted by molar-refractivity contribution is 0.176. The molecule has 0 spiro atoms. The van der Waals surface area contributed by atoms with Crippen LogP contribution in [-0.4, -0.2) is 27.7 Å². The molecule has 1 saturated heterocycles. The fourth-order valence-corrected chi connectivity index (χ4v) is 4.31. The van der Waals surface area contributed by atoms with Gasteiger partial charge in [0.05, 0.1) is 6.20 Å². The van der Waals surface area contributed by atoms with Crippen LogP contribution in [0.1, 0.15) is 55.4 Å². The first kappa shape index (κ1) is 16.6. The highest BCUT2D eigenvalue weighted by Crippen LogP contribution is 2.37. The topological polar surface area (TPSA) is 68.7 Å². The highest BCUT2D eigenvalue weighted by atomic mass is 16.5. The van der Waals surface area contributed by atoms with Crippen molar-refractivity contribution in [1.82, 2.24) is 14.6 Å². The smallest absolute Gasteiger partial charge is 0.231 e. The molecule has 3 aromatic rings. The van der Waals surface area contributed by atoms with Crippen LogP contribution >= 0.6 is 0 Å². The minimum Gasteiger partial charge on any atom is -0.484 e. The Morgan fingerprint density at radius 1 is 0.926 bits per heavy atom. The summed E-state index contributed by atoms with van der Waals surface area (Å²) < 4.78 is 8.46. The zero-order chi connectivity index (χ0) is 18.2. The Morgan fingerprint density at radius 2 is 1.74 bits per heavy atom. The van der Waals surface area contributed by atoms with Gasteiger partial charge >= 0.3 is 0 Å². The summed E-state index contributed by atoms with van der Waals surface area (Å²) in [7, 11) is 0. The van der Waals surface area contributed by atoms with Crippen LogP contribution in [0, 0.1) is 0 Å². The Hall–Kier alpha value is -2.60. The zero-order valence-electron chi connectivity index (χ0n) is 15.4. The molecule has 1 aliphatic heterocycles. The molecule has 0 bridgehead atoms. The SMILES string of the molecule is NC1CCC(Oc2ccc3nnc(N4CCCCC4)n3c2)c2ccccc21. The number of fused-ring (bicyclic) bond motifs is 2. The number of pyridine rings is 1. The number of rotatable bonds is 3. The van der Waals surface area contributed by atoms with E-state index in [-0.39, 0.29) is 12.1 Å². The summed E-state index contributed by atoms with van der Waals surface area (Å²) in [4.78, 5) is 2.32. The van der Waals surface area contributed by atoms with Crippen LogP contribution in [0.25, 0.3) is 5.65 Å². The van der Waals surface area contributed by atoms with Crippen LogP contribution < -0.4 is 15.4 Å². The second-order valence-electron chi connectivity index (χ2n) is 7.56. The summed E-state index contributed by atoms with van der Waals surface area (Å²) in [5.41, 5.74) is 9.55. The van der Waals surface area contributed by atoms with Gasteiger partial charge in [0, 0.05) is 19.1 Å². The maximum Gasteiger partial charge on any atom is 0.231 e. The number of nitrogens with zero attached hydrogens (tertiary/aromatic N) is 4. The Bertz CT molecular complexity index is 947. The van der Waals surface area contributed by atoms with Crippen molar-refractivity contribution in [3.05, 3.63) is 53.7 Å². The van der Waals surface area contributed by atoms with E-state index in [0.29, 0.717) is 0 Å². The average molecular weight is 363 g/mol. The summed E-state index contributed by atoms with van der Waals surface area (Å²) in [6, 6.07) is 12.4. The molecular formula is C21H25N5O. The predicted octanol–water partition coefficient (Wildman–Crippen LogP) is 3.63. The van der Waals surface area contributed by atoms with Crippen molar-refractivity contribution < 1.29 is 4.74 Å². The molecule has 2 aliphatic rings. The van der Waals surface area contributed by atoms with Crippen LogP contribution in [0.15, 0.2) is 42.6 Å². The van der Waals surface area contributed by atoms with Gasteiger partial charge in [-0.05, 0) is 55.4 Å². The number of aromatic nitrogens is 3. The van der Waals surface area contributed by atoms with Gasteiger partial charge in [0.2, 0.25) is 5.95 Å². The Balaban J connectivity index is 1.45. The van der Waals surface area contributed by atoms with Gasteiger partial charge < -0.3 is 15.4 Å². The summed E-state index contributed by atoms with van der Waals surface area (Å²) in [6.07, 6.45) is 7.65. The van der Waals surface area contributed by atoms with E-state index in [0.717, 1.165) is 43.3 Å². The van der Waals surface area contributed by atoms with Gasteiger partial charge in [-0.25, -0.2) is 0 Å². The first-order chi connectivity index (χ1) is 13.3. The minimum absolute atomic E-state index is 0.0355. The van der Waals surface area contributed by atoms with Crippen LogP contribution in [0.5, 0.6) is 5.75 Å². The molecule has 2 N–H and O–H groups in total. The zero-order valence-corrected chi connectivity index (χ0v) is 15.4. The predicted molar refractivity (Wildman–Crippen MR) is 105 cm³/mol. The Labute approximate surface area is 159 Å². The van der Waals surface area contributed by atoms with Crippen LogP contribution in [0.3, 0.4) is 0 Å². The van der Waals surface area contributed by atoms with Crippen LogP contribution in [-0.2, 0) is 0 Å². The molecule has 6 heteroatoms. The quantitative estimate of drug-likeness (QED) is 0.769. The molecule has 2 atom stereocenters. The van der Waals surface area contributed by atoms with Crippen LogP contribution in [0.2, 0.25) is 0 Å². The van der Waals surface area contributed by atoms with Gasteiger partial charge in [-0.2, -0.15) is 0 Å². The molecule has 1 aromatic carbocycles. The third-order valence-electron chi connectivity index (χ3n) is 5.76. The monoisotopic (exact) mass is 363 g/mol. The highest BCUT2D eigenvalue weighted by molar-refractivity contribution is 5.49. The number of anilines is 1. The van der Waals surface area contributed by atoms with Crippen molar-refractivity contribution in [2.24, 2.45) is 5.73 Å². The molecule has 3 heterocycles. The van der Waals surface area contributed by atoms with E-state index in [1.807, 2.05) is 18.3 Å². The van der Waals surface area contributed by atoms with Crippen molar-refractivity contribution in [2.45, 2.75) is 44.2 Å². The summed E-state index contributed by atoms with van der Waals surface area (Å²) in [5, 5.41) is 8.75. The molecule has 27 heavy (non-hydrogen) atoms. The van der Waals surface area contributed by atoms with Crippen molar-refractivity contribution in [1.29, 1.82) is 0 Å². The molecule has 1 fully saturated rings. The lowest BCUT2D eigenvalue weighted by atomic mass is 9.86. The van der Waals surface area contributed by atoms with E-state index in [9.17, 15) is 0 Å². The van der Waals surface area contributed by atoms with Crippen molar-refractivity contribution >= 4 is 11.6 Å². The second-order valence-corrected chi connectivity index (χ2v) is 7.56. The number of hydrogen-bond donors (Lipinski definition) is 1. The third-order valence-corrected chi connectivity index (χ3v) is 5.76. The highest BCUT2D eigenvalue weighted by Gasteiger charge is 2.26. The van der Waals surface area contributed by atoms with E-state index < -0.39 is 0 Å². The van der Waals surface area contributed by atoms with E-state index in [2.05, 4.69) is 43.8 Å². The molecule has 5 rings (SSSR count). The van der Waals surface area contributed by atoms with E-state index >= 15 is 0 Å². The molecule has 0 radical (unpaired) electrons. The van der Waals surface area contributed by atoms with Gasteiger partial charge in [0.15, 0.2) is 5.65 Å². The first-order valence-electron chi connectivity index (χ1n) is 9.90.